The van der Waals surface area contributed by atoms with E-state index in [1.165, 1.54) is 0 Å². The van der Waals surface area contributed by atoms with E-state index >= 15 is 0 Å². The van der Waals surface area contributed by atoms with Crippen LogP contribution in [0.3, 0.4) is 0 Å². The first-order valence-electron chi connectivity index (χ1n) is 7.18. The highest BCUT2D eigenvalue weighted by molar-refractivity contribution is 9.10. The SMILES string of the molecule is CN(CC(=O)NNC(=O)COc1ccc(Br)cc1)Cc1ccsc1. The summed E-state index contributed by atoms with van der Waals surface area (Å²) in [6.07, 6.45) is 0. The summed E-state index contributed by atoms with van der Waals surface area (Å²) in [5.41, 5.74) is 5.86. The van der Waals surface area contributed by atoms with Crippen LogP contribution in [0.25, 0.3) is 0 Å². The van der Waals surface area contributed by atoms with E-state index in [0.29, 0.717) is 12.3 Å². The van der Waals surface area contributed by atoms with Crippen molar-refractivity contribution in [3.05, 3.63) is 51.1 Å². The highest BCUT2D eigenvalue weighted by atomic mass is 79.9. The molecular formula is C16H18BrN3O3S. The Kier molecular flexibility index (Phi) is 7.23. The van der Waals surface area contributed by atoms with Crippen molar-refractivity contribution in [3.8, 4) is 5.75 Å². The van der Waals surface area contributed by atoms with Crippen molar-refractivity contribution >= 4 is 39.1 Å². The van der Waals surface area contributed by atoms with Crippen molar-refractivity contribution in [1.82, 2.24) is 15.8 Å². The molecular weight excluding hydrogens is 394 g/mol. The van der Waals surface area contributed by atoms with Crippen molar-refractivity contribution in [2.24, 2.45) is 0 Å². The Morgan fingerprint density at radius 1 is 1.17 bits per heavy atom. The summed E-state index contributed by atoms with van der Waals surface area (Å²) in [6, 6.07) is 9.14. The van der Waals surface area contributed by atoms with E-state index in [-0.39, 0.29) is 19.1 Å². The summed E-state index contributed by atoms with van der Waals surface area (Å²) in [7, 11) is 1.84. The van der Waals surface area contributed by atoms with Crippen molar-refractivity contribution in [2.45, 2.75) is 6.54 Å². The number of likely N-dealkylation sites (N-methyl/N-ethyl adjacent to an activating group) is 1. The number of carbonyl (C=O) groups is 2. The molecule has 2 rings (SSSR count). The number of hydrogen-bond acceptors (Lipinski definition) is 5. The Morgan fingerprint density at radius 2 is 1.88 bits per heavy atom. The van der Waals surface area contributed by atoms with Gasteiger partial charge in [-0.1, -0.05) is 15.9 Å². The molecule has 1 heterocycles. The normalized spacial score (nSPS) is 10.5. The van der Waals surface area contributed by atoms with Gasteiger partial charge in [0, 0.05) is 11.0 Å². The highest BCUT2D eigenvalue weighted by Gasteiger charge is 2.09. The molecule has 0 aliphatic heterocycles. The molecule has 2 N–H and O–H groups in total. The van der Waals surface area contributed by atoms with Gasteiger partial charge in [0.2, 0.25) is 0 Å². The topological polar surface area (TPSA) is 70.7 Å². The van der Waals surface area contributed by atoms with Gasteiger partial charge < -0.3 is 4.74 Å². The van der Waals surface area contributed by atoms with Crippen molar-refractivity contribution in [3.63, 3.8) is 0 Å². The monoisotopic (exact) mass is 411 g/mol. The minimum absolute atomic E-state index is 0.174. The molecule has 1 aromatic heterocycles. The first kappa shape index (κ1) is 18.4. The lowest BCUT2D eigenvalue weighted by Crippen LogP contribution is -2.47. The fraction of sp³-hybridized carbons (Fsp3) is 0.250. The Hall–Kier alpha value is -1.90. The zero-order chi connectivity index (χ0) is 17.4. The largest absolute Gasteiger partial charge is 0.484 e. The third kappa shape index (κ3) is 6.69. The van der Waals surface area contributed by atoms with Crippen LogP contribution in [-0.4, -0.2) is 36.9 Å². The van der Waals surface area contributed by atoms with Crippen molar-refractivity contribution < 1.29 is 14.3 Å². The molecule has 0 bridgehead atoms. The second-order valence-electron chi connectivity index (χ2n) is 5.14. The Balaban J connectivity index is 1.63. The van der Waals surface area contributed by atoms with E-state index in [0.717, 1.165) is 10.0 Å². The van der Waals surface area contributed by atoms with Gasteiger partial charge in [-0.3, -0.25) is 25.3 Å². The molecule has 0 saturated heterocycles. The Bertz CT molecular complexity index is 662. The number of carbonyl (C=O) groups excluding carboxylic acids is 2. The number of amides is 2. The van der Waals surface area contributed by atoms with Gasteiger partial charge in [0.1, 0.15) is 5.75 Å². The van der Waals surface area contributed by atoms with Crippen LogP contribution in [0, 0.1) is 0 Å². The maximum atomic E-state index is 11.8. The van der Waals surface area contributed by atoms with Crippen LogP contribution in [0.15, 0.2) is 45.6 Å². The first-order chi connectivity index (χ1) is 11.5. The number of nitrogens with zero attached hydrogens (tertiary/aromatic N) is 1. The average Bonchev–Trinajstić information content (AvgIpc) is 3.05. The fourth-order valence-corrected chi connectivity index (χ4v) is 2.81. The molecule has 2 aromatic rings. The lowest BCUT2D eigenvalue weighted by Gasteiger charge is -2.15. The number of thiophene rings is 1. The lowest BCUT2D eigenvalue weighted by atomic mass is 10.3. The van der Waals surface area contributed by atoms with Crippen LogP contribution in [0.5, 0.6) is 5.75 Å². The zero-order valence-corrected chi connectivity index (χ0v) is 15.5. The predicted octanol–water partition coefficient (Wildman–Crippen LogP) is 2.17. The molecule has 8 heteroatoms. The maximum Gasteiger partial charge on any atom is 0.276 e. The molecule has 0 spiro atoms. The highest BCUT2D eigenvalue weighted by Crippen LogP contribution is 2.15. The minimum Gasteiger partial charge on any atom is -0.484 e. The van der Waals surface area contributed by atoms with E-state index in [1.807, 2.05) is 40.9 Å². The van der Waals surface area contributed by atoms with E-state index in [2.05, 4.69) is 26.8 Å². The van der Waals surface area contributed by atoms with Crippen LogP contribution in [-0.2, 0) is 16.1 Å². The fourth-order valence-electron chi connectivity index (χ4n) is 1.89. The van der Waals surface area contributed by atoms with E-state index in [9.17, 15) is 9.59 Å². The molecule has 1 aromatic carbocycles. The minimum atomic E-state index is -0.424. The summed E-state index contributed by atoms with van der Waals surface area (Å²) >= 11 is 4.94. The number of nitrogens with one attached hydrogen (secondary N) is 2. The molecule has 0 fully saturated rings. The number of halogens is 1. The van der Waals surface area contributed by atoms with Gasteiger partial charge in [-0.15, -0.1) is 0 Å². The quantitative estimate of drug-likeness (QED) is 0.684. The standard InChI is InChI=1S/C16H18BrN3O3S/c1-20(8-12-6-7-24-11-12)9-15(21)18-19-16(22)10-23-14-4-2-13(17)3-5-14/h2-7,11H,8-10H2,1H3,(H,18,21)(H,19,22). The number of hydrazine groups is 1. The molecule has 128 valence electrons. The molecule has 0 radical (unpaired) electrons. The second-order valence-corrected chi connectivity index (χ2v) is 6.84. The molecule has 0 aliphatic carbocycles. The average molecular weight is 412 g/mol. The van der Waals surface area contributed by atoms with Gasteiger partial charge in [0.25, 0.3) is 11.8 Å². The molecule has 6 nitrogen and oxygen atoms in total. The van der Waals surface area contributed by atoms with Crippen LogP contribution < -0.4 is 15.6 Å². The van der Waals surface area contributed by atoms with E-state index in [4.69, 9.17) is 4.74 Å². The third-order valence-corrected chi connectivity index (χ3v) is 4.23. The van der Waals surface area contributed by atoms with Gasteiger partial charge in [-0.2, -0.15) is 11.3 Å². The number of hydrogen-bond donors (Lipinski definition) is 2. The van der Waals surface area contributed by atoms with Gasteiger partial charge in [-0.25, -0.2) is 0 Å². The summed E-state index contributed by atoms with van der Waals surface area (Å²) in [6.45, 7) is 0.688. The zero-order valence-electron chi connectivity index (χ0n) is 13.1. The van der Waals surface area contributed by atoms with Crippen LogP contribution >= 0.6 is 27.3 Å². The summed E-state index contributed by atoms with van der Waals surface area (Å²) in [5.74, 6) is -0.133. The Labute approximate surface area is 152 Å². The summed E-state index contributed by atoms with van der Waals surface area (Å²) in [5, 5.41) is 4.03. The second kappa shape index (κ2) is 9.41. The smallest absolute Gasteiger partial charge is 0.276 e. The number of rotatable bonds is 7. The lowest BCUT2D eigenvalue weighted by molar-refractivity contribution is -0.130. The van der Waals surface area contributed by atoms with Crippen LogP contribution in [0.4, 0.5) is 0 Å². The van der Waals surface area contributed by atoms with Gasteiger partial charge in [0.05, 0.1) is 6.54 Å². The van der Waals surface area contributed by atoms with Crippen molar-refractivity contribution in [1.29, 1.82) is 0 Å². The molecule has 0 aliphatic rings. The van der Waals surface area contributed by atoms with E-state index < -0.39 is 5.91 Å². The maximum absolute atomic E-state index is 11.8. The molecule has 2 amide bonds. The van der Waals surface area contributed by atoms with Gasteiger partial charge >= 0.3 is 0 Å². The summed E-state index contributed by atoms with van der Waals surface area (Å²) < 4.78 is 6.24. The molecule has 0 saturated carbocycles. The summed E-state index contributed by atoms with van der Waals surface area (Å²) in [4.78, 5) is 25.3. The van der Waals surface area contributed by atoms with Gasteiger partial charge in [-0.05, 0) is 53.7 Å². The van der Waals surface area contributed by atoms with Crippen LogP contribution in [0.1, 0.15) is 5.56 Å². The molecule has 0 unspecified atom stereocenters. The number of ether oxygens (including phenoxy) is 1. The first-order valence-corrected chi connectivity index (χ1v) is 8.92. The van der Waals surface area contributed by atoms with Crippen molar-refractivity contribution in [2.75, 3.05) is 20.2 Å². The van der Waals surface area contributed by atoms with E-state index in [1.54, 1.807) is 23.5 Å². The third-order valence-electron chi connectivity index (χ3n) is 2.97. The Morgan fingerprint density at radius 3 is 2.54 bits per heavy atom. The molecule has 0 atom stereocenters. The van der Waals surface area contributed by atoms with Gasteiger partial charge in [0.15, 0.2) is 6.61 Å². The molecule has 24 heavy (non-hydrogen) atoms. The predicted molar refractivity (Wildman–Crippen MR) is 96.6 cm³/mol. The number of benzene rings is 1. The van der Waals surface area contributed by atoms with Crippen LogP contribution in [0.2, 0.25) is 0 Å².